The number of hydrogen-bond donors (Lipinski definition) is 0. The first kappa shape index (κ1) is 20.7. The van der Waals surface area contributed by atoms with Gasteiger partial charge in [-0.15, -0.1) is 0 Å². The summed E-state index contributed by atoms with van der Waals surface area (Å²) >= 11 is 0. The van der Waals surface area contributed by atoms with Gasteiger partial charge in [0.25, 0.3) is 0 Å². The van der Waals surface area contributed by atoms with E-state index in [0.717, 1.165) is 44.0 Å². The van der Waals surface area contributed by atoms with E-state index in [2.05, 4.69) is 29.2 Å². The Bertz CT molecular complexity index is 854. The first-order valence-electron chi connectivity index (χ1n) is 9.82. The molecule has 5 heteroatoms. The number of nitrogens with zero attached hydrogens (tertiary/aromatic N) is 2. The van der Waals surface area contributed by atoms with E-state index in [0.29, 0.717) is 5.75 Å². The number of carbonyl (C=O) groups is 1. The molecule has 0 N–H and O–H groups in total. The third-order valence-electron chi connectivity index (χ3n) is 5.00. The van der Waals surface area contributed by atoms with E-state index >= 15 is 0 Å². The van der Waals surface area contributed by atoms with Gasteiger partial charge < -0.3 is 14.4 Å². The SMILES string of the molecule is COc1ccc(OC)c(/C=C/C(=O)N2CCN(C/C=C/c3ccccc3)CC2)c1. The fourth-order valence-electron chi connectivity index (χ4n) is 3.29. The lowest BCUT2D eigenvalue weighted by Gasteiger charge is -2.33. The molecule has 5 nitrogen and oxygen atoms in total. The van der Waals surface area contributed by atoms with Crippen molar-refractivity contribution in [2.45, 2.75) is 0 Å². The maximum absolute atomic E-state index is 12.6. The van der Waals surface area contributed by atoms with E-state index in [1.165, 1.54) is 5.56 Å². The van der Waals surface area contributed by atoms with Crippen LogP contribution in [0.15, 0.2) is 60.7 Å². The Balaban J connectivity index is 1.50. The fraction of sp³-hybridized carbons (Fsp3) is 0.292. The number of methoxy groups -OCH3 is 2. The lowest BCUT2D eigenvalue weighted by atomic mass is 10.1. The zero-order valence-corrected chi connectivity index (χ0v) is 17.1. The number of piperazine rings is 1. The van der Waals surface area contributed by atoms with Crippen molar-refractivity contribution < 1.29 is 14.3 Å². The first-order chi connectivity index (χ1) is 14.2. The van der Waals surface area contributed by atoms with Gasteiger partial charge in [-0.1, -0.05) is 42.5 Å². The molecule has 0 bridgehead atoms. The van der Waals surface area contributed by atoms with Gasteiger partial charge in [0, 0.05) is 44.4 Å². The van der Waals surface area contributed by atoms with Crippen LogP contribution in [0.4, 0.5) is 0 Å². The van der Waals surface area contributed by atoms with Crippen LogP contribution in [0.3, 0.4) is 0 Å². The maximum atomic E-state index is 12.6. The molecule has 1 fully saturated rings. The van der Waals surface area contributed by atoms with E-state index in [4.69, 9.17) is 9.47 Å². The second kappa shape index (κ2) is 10.5. The van der Waals surface area contributed by atoms with Crippen molar-refractivity contribution in [1.82, 2.24) is 9.80 Å². The molecule has 0 unspecified atom stereocenters. The van der Waals surface area contributed by atoms with Crippen LogP contribution >= 0.6 is 0 Å². The summed E-state index contributed by atoms with van der Waals surface area (Å²) in [5.74, 6) is 1.47. The number of amides is 1. The molecule has 3 rings (SSSR count). The Kier molecular flexibility index (Phi) is 7.47. The highest BCUT2D eigenvalue weighted by Crippen LogP contribution is 2.25. The van der Waals surface area contributed by atoms with Gasteiger partial charge >= 0.3 is 0 Å². The second-order valence-electron chi connectivity index (χ2n) is 6.88. The quantitative estimate of drug-likeness (QED) is 0.676. The van der Waals surface area contributed by atoms with Crippen molar-refractivity contribution in [2.24, 2.45) is 0 Å². The summed E-state index contributed by atoms with van der Waals surface area (Å²) in [6, 6.07) is 15.8. The normalized spacial score (nSPS) is 15.2. The summed E-state index contributed by atoms with van der Waals surface area (Å²) in [5.41, 5.74) is 2.03. The van der Waals surface area contributed by atoms with Crippen LogP contribution in [0.5, 0.6) is 11.5 Å². The number of carbonyl (C=O) groups excluding carboxylic acids is 1. The second-order valence-corrected chi connectivity index (χ2v) is 6.88. The molecule has 29 heavy (non-hydrogen) atoms. The van der Waals surface area contributed by atoms with Gasteiger partial charge in [0.2, 0.25) is 5.91 Å². The Morgan fingerprint density at radius 3 is 2.41 bits per heavy atom. The molecule has 1 amide bonds. The minimum Gasteiger partial charge on any atom is -0.497 e. The summed E-state index contributed by atoms with van der Waals surface area (Å²) < 4.78 is 10.6. The number of ether oxygens (including phenoxy) is 2. The van der Waals surface area contributed by atoms with Gasteiger partial charge in [0.1, 0.15) is 11.5 Å². The number of hydrogen-bond acceptors (Lipinski definition) is 4. The molecule has 1 aliphatic heterocycles. The van der Waals surface area contributed by atoms with Crippen LogP contribution in [-0.2, 0) is 4.79 Å². The Hall–Kier alpha value is -3.05. The Labute approximate surface area is 172 Å². The molecular formula is C24H28N2O3. The van der Waals surface area contributed by atoms with Gasteiger partial charge in [0.05, 0.1) is 14.2 Å². The minimum absolute atomic E-state index is 0.0225. The summed E-state index contributed by atoms with van der Waals surface area (Å²) in [7, 11) is 3.24. The largest absolute Gasteiger partial charge is 0.497 e. The molecule has 0 atom stereocenters. The molecule has 0 spiro atoms. The average Bonchev–Trinajstić information content (AvgIpc) is 2.78. The van der Waals surface area contributed by atoms with E-state index in [1.807, 2.05) is 41.3 Å². The number of benzene rings is 2. The predicted octanol–water partition coefficient (Wildman–Crippen LogP) is 3.57. The summed E-state index contributed by atoms with van der Waals surface area (Å²) in [5, 5.41) is 0. The Morgan fingerprint density at radius 1 is 0.966 bits per heavy atom. The van der Waals surface area contributed by atoms with Gasteiger partial charge in [-0.25, -0.2) is 0 Å². The van der Waals surface area contributed by atoms with Crippen LogP contribution in [-0.4, -0.2) is 62.7 Å². The smallest absolute Gasteiger partial charge is 0.246 e. The highest BCUT2D eigenvalue weighted by molar-refractivity contribution is 5.92. The number of rotatable bonds is 7. The van der Waals surface area contributed by atoms with Crippen LogP contribution in [0.25, 0.3) is 12.2 Å². The zero-order valence-electron chi connectivity index (χ0n) is 17.1. The van der Waals surface area contributed by atoms with Crippen LogP contribution in [0, 0.1) is 0 Å². The molecule has 0 saturated carbocycles. The topological polar surface area (TPSA) is 42.0 Å². The molecule has 1 heterocycles. The molecular weight excluding hydrogens is 364 g/mol. The van der Waals surface area contributed by atoms with Crippen LogP contribution < -0.4 is 9.47 Å². The fourth-order valence-corrected chi connectivity index (χ4v) is 3.29. The van der Waals surface area contributed by atoms with Crippen molar-refractivity contribution >= 4 is 18.1 Å². The molecule has 152 valence electrons. The molecule has 2 aromatic carbocycles. The lowest BCUT2D eigenvalue weighted by molar-refractivity contribution is -0.127. The van der Waals surface area contributed by atoms with E-state index in [1.54, 1.807) is 26.4 Å². The first-order valence-corrected chi connectivity index (χ1v) is 9.82. The molecule has 0 aliphatic carbocycles. The Morgan fingerprint density at radius 2 is 1.72 bits per heavy atom. The third-order valence-corrected chi connectivity index (χ3v) is 5.00. The third kappa shape index (κ3) is 5.96. The lowest BCUT2D eigenvalue weighted by Crippen LogP contribution is -2.48. The monoisotopic (exact) mass is 392 g/mol. The maximum Gasteiger partial charge on any atom is 0.246 e. The van der Waals surface area contributed by atoms with Crippen molar-refractivity contribution in [2.75, 3.05) is 46.9 Å². The van der Waals surface area contributed by atoms with E-state index in [-0.39, 0.29) is 5.91 Å². The van der Waals surface area contributed by atoms with Crippen molar-refractivity contribution in [3.8, 4) is 11.5 Å². The van der Waals surface area contributed by atoms with Crippen molar-refractivity contribution in [3.63, 3.8) is 0 Å². The highest BCUT2D eigenvalue weighted by atomic mass is 16.5. The van der Waals surface area contributed by atoms with E-state index in [9.17, 15) is 4.79 Å². The standard InChI is InChI=1S/C24H28N2O3/c1-28-22-11-12-23(29-2)21(19-22)10-13-24(27)26-17-15-25(16-18-26)14-6-9-20-7-4-3-5-8-20/h3-13,19H,14-18H2,1-2H3/b9-6+,13-10+. The molecule has 2 aromatic rings. The van der Waals surface area contributed by atoms with Gasteiger partial charge in [0.15, 0.2) is 0 Å². The highest BCUT2D eigenvalue weighted by Gasteiger charge is 2.18. The van der Waals surface area contributed by atoms with Crippen molar-refractivity contribution in [1.29, 1.82) is 0 Å². The van der Waals surface area contributed by atoms with Crippen molar-refractivity contribution in [3.05, 3.63) is 71.8 Å². The molecule has 1 aliphatic rings. The average molecular weight is 392 g/mol. The molecule has 0 radical (unpaired) electrons. The summed E-state index contributed by atoms with van der Waals surface area (Å²) in [6.45, 7) is 4.12. The predicted molar refractivity (Wildman–Crippen MR) is 117 cm³/mol. The minimum atomic E-state index is 0.0225. The van der Waals surface area contributed by atoms with Crippen LogP contribution in [0.2, 0.25) is 0 Å². The zero-order chi connectivity index (χ0) is 20.5. The van der Waals surface area contributed by atoms with E-state index < -0.39 is 0 Å². The summed E-state index contributed by atoms with van der Waals surface area (Å²) in [4.78, 5) is 16.8. The van der Waals surface area contributed by atoms with Crippen LogP contribution in [0.1, 0.15) is 11.1 Å². The molecule has 0 aromatic heterocycles. The summed E-state index contributed by atoms with van der Waals surface area (Å²) in [6.07, 6.45) is 7.73. The molecule has 1 saturated heterocycles. The van der Waals surface area contributed by atoms with Gasteiger partial charge in [-0.2, -0.15) is 0 Å². The van der Waals surface area contributed by atoms with Gasteiger partial charge in [-0.05, 0) is 29.8 Å². The van der Waals surface area contributed by atoms with Gasteiger partial charge in [-0.3, -0.25) is 9.69 Å².